The minimum Gasteiger partial charge on any atom is -0.870 e. The summed E-state index contributed by atoms with van der Waals surface area (Å²) in [6, 6.07) is 15.5. The predicted molar refractivity (Wildman–Crippen MR) is 144 cm³/mol. The van der Waals surface area contributed by atoms with Crippen LogP contribution in [0.5, 0.6) is 11.5 Å². The van der Waals surface area contributed by atoms with Gasteiger partial charge in [-0.3, -0.25) is 9.35 Å². The van der Waals surface area contributed by atoms with Crippen LogP contribution in [-0.4, -0.2) is 25.5 Å². The molecule has 4 aromatic rings. The number of carbonyl (C=O) groups is 1. The molecule has 2 N–H and O–H groups in total. The zero-order chi connectivity index (χ0) is 27.6. The van der Waals surface area contributed by atoms with Crippen LogP contribution in [0.1, 0.15) is 22.8 Å². The van der Waals surface area contributed by atoms with Gasteiger partial charge in [0.2, 0.25) is 0 Å². The van der Waals surface area contributed by atoms with E-state index in [0.717, 1.165) is 0 Å². The second-order valence-electron chi connectivity index (χ2n) is 8.13. The summed E-state index contributed by atoms with van der Waals surface area (Å²) in [6.45, 7) is 3.75. The number of hydrogen-bond acceptors (Lipinski definition) is 7. The van der Waals surface area contributed by atoms with Crippen LogP contribution in [0.3, 0.4) is 0 Å². The average Bonchev–Trinajstić information content (AvgIpc) is 2.86. The number of benzene rings is 4. The Morgan fingerprint density at radius 2 is 1.79 bits per heavy atom. The SMILES string of the molecule is CCOc1cc(NC(=O)c2cc3ccccc3c(N=Nc3cc(C)cc(S(=O)(=O)O)c3Cl)c2[O-])ccc1Cl.[Na+]. The molecule has 9 nitrogen and oxygen atoms in total. The number of halogens is 2. The van der Waals surface area contributed by atoms with Gasteiger partial charge in [-0.1, -0.05) is 53.2 Å². The van der Waals surface area contributed by atoms with Crippen molar-refractivity contribution >= 4 is 67.1 Å². The van der Waals surface area contributed by atoms with Crippen molar-refractivity contribution in [2.75, 3.05) is 11.9 Å². The van der Waals surface area contributed by atoms with Crippen LogP contribution in [0.15, 0.2) is 75.8 Å². The summed E-state index contributed by atoms with van der Waals surface area (Å²) in [5.41, 5.74) is 0.376. The molecule has 0 aliphatic carbocycles. The van der Waals surface area contributed by atoms with E-state index in [9.17, 15) is 22.9 Å². The van der Waals surface area contributed by atoms with Crippen LogP contribution in [-0.2, 0) is 10.1 Å². The molecule has 0 heterocycles. The zero-order valence-electron chi connectivity index (χ0n) is 21.0. The number of nitrogens with one attached hydrogen (secondary N) is 1. The van der Waals surface area contributed by atoms with Crippen molar-refractivity contribution in [2.24, 2.45) is 10.2 Å². The first kappa shape index (κ1) is 30.8. The van der Waals surface area contributed by atoms with Gasteiger partial charge in [-0.15, -0.1) is 5.11 Å². The number of hydrogen-bond donors (Lipinski definition) is 2. The smallest absolute Gasteiger partial charge is 0.870 e. The maximum absolute atomic E-state index is 13.4. The van der Waals surface area contributed by atoms with Gasteiger partial charge in [-0.05, 0) is 55.1 Å². The Morgan fingerprint density at radius 1 is 1.08 bits per heavy atom. The molecule has 196 valence electrons. The second-order valence-corrected chi connectivity index (χ2v) is 10.3. The Morgan fingerprint density at radius 3 is 2.49 bits per heavy atom. The third kappa shape index (κ3) is 6.90. The fraction of sp³-hybridized carbons (Fsp3) is 0.115. The maximum Gasteiger partial charge on any atom is 1.00 e. The van der Waals surface area contributed by atoms with Gasteiger partial charge >= 0.3 is 29.6 Å². The van der Waals surface area contributed by atoms with Gasteiger partial charge in [0.25, 0.3) is 16.0 Å². The van der Waals surface area contributed by atoms with E-state index in [1.165, 1.54) is 18.2 Å². The van der Waals surface area contributed by atoms with E-state index >= 15 is 0 Å². The molecule has 4 aromatic carbocycles. The molecule has 4 rings (SSSR count). The number of nitrogens with zero attached hydrogens (tertiary/aromatic N) is 2. The van der Waals surface area contributed by atoms with Crippen molar-refractivity contribution in [3.05, 3.63) is 81.8 Å². The Kier molecular flexibility index (Phi) is 10.0. The Labute approximate surface area is 256 Å². The number of anilines is 1. The molecule has 0 saturated heterocycles. The van der Waals surface area contributed by atoms with Crippen molar-refractivity contribution in [1.29, 1.82) is 0 Å². The predicted octanol–water partition coefficient (Wildman–Crippen LogP) is 3.85. The van der Waals surface area contributed by atoms with E-state index in [2.05, 4.69) is 15.5 Å². The fourth-order valence-electron chi connectivity index (χ4n) is 3.70. The number of ether oxygens (including phenoxy) is 1. The Bertz CT molecular complexity index is 1710. The van der Waals surface area contributed by atoms with Crippen molar-refractivity contribution in [3.63, 3.8) is 0 Å². The van der Waals surface area contributed by atoms with Crippen molar-refractivity contribution in [3.8, 4) is 11.5 Å². The summed E-state index contributed by atoms with van der Waals surface area (Å²) in [5, 5.41) is 25.1. The van der Waals surface area contributed by atoms with Crippen LogP contribution in [0.2, 0.25) is 10.0 Å². The van der Waals surface area contributed by atoms with Gasteiger partial charge in [-0.2, -0.15) is 13.5 Å². The molecular weight excluding hydrogens is 576 g/mol. The van der Waals surface area contributed by atoms with Gasteiger partial charge in [0.05, 0.1) is 22.3 Å². The standard InChI is InChI=1S/C26H21Cl2N3O6S.Na/c1-3-37-21-13-16(8-9-19(21)27)29-26(33)18-12-15-6-4-5-7-17(15)24(25(18)32)31-30-20-10-14(2)11-22(23(20)28)38(34,35)36;/h4-13,32H,3H2,1-2H3,(H,29,33)(H,34,35,36);/q;+1/p-1. The number of fused-ring (bicyclic) bond motifs is 1. The van der Waals surface area contributed by atoms with Crippen LogP contribution >= 0.6 is 23.2 Å². The summed E-state index contributed by atoms with van der Waals surface area (Å²) in [5.74, 6) is -1.02. The average molecular weight is 596 g/mol. The number of azo groups is 1. The molecule has 0 aliphatic rings. The molecule has 39 heavy (non-hydrogen) atoms. The summed E-state index contributed by atoms with van der Waals surface area (Å²) in [6.07, 6.45) is 0. The molecule has 13 heteroatoms. The van der Waals surface area contributed by atoms with Crippen LogP contribution in [0.4, 0.5) is 17.1 Å². The van der Waals surface area contributed by atoms with E-state index in [0.29, 0.717) is 39.4 Å². The van der Waals surface area contributed by atoms with Crippen LogP contribution in [0, 0.1) is 6.92 Å². The quantitative estimate of drug-likeness (QED) is 0.189. The molecule has 0 saturated carbocycles. The first-order valence-corrected chi connectivity index (χ1v) is 13.3. The molecule has 0 atom stereocenters. The van der Waals surface area contributed by atoms with Gasteiger partial charge in [0, 0.05) is 22.7 Å². The molecule has 1 amide bonds. The van der Waals surface area contributed by atoms with E-state index in [1.807, 2.05) is 0 Å². The minimum absolute atomic E-state index is 0. The van der Waals surface area contributed by atoms with E-state index in [-0.39, 0.29) is 51.5 Å². The second kappa shape index (κ2) is 12.6. The van der Waals surface area contributed by atoms with Crippen LogP contribution in [0.25, 0.3) is 10.8 Å². The third-order valence-corrected chi connectivity index (χ3v) is 7.11. The molecule has 0 spiro atoms. The third-order valence-electron chi connectivity index (χ3n) is 5.41. The number of amides is 1. The van der Waals surface area contributed by atoms with E-state index in [1.54, 1.807) is 56.3 Å². The minimum atomic E-state index is -4.63. The normalized spacial score (nSPS) is 11.4. The molecule has 0 radical (unpaired) electrons. The molecule has 0 fully saturated rings. The zero-order valence-corrected chi connectivity index (χ0v) is 25.4. The number of carbonyl (C=O) groups excluding carboxylic acids is 1. The Balaban J connectivity index is 0.00000420. The molecule has 0 unspecified atom stereocenters. The van der Waals surface area contributed by atoms with E-state index in [4.69, 9.17) is 27.9 Å². The maximum atomic E-state index is 13.4. The number of aryl methyl sites for hydroxylation is 1. The fourth-order valence-corrected chi connectivity index (χ4v) is 4.98. The summed E-state index contributed by atoms with van der Waals surface area (Å²) >= 11 is 12.3. The topological polar surface area (TPSA) is 140 Å². The molecule has 0 aliphatic heterocycles. The molecular formula is C26H20Cl2N3NaO6S. The van der Waals surface area contributed by atoms with Crippen molar-refractivity contribution in [1.82, 2.24) is 0 Å². The van der Waals surface area contributed by atoms with Gasteiger partial charge in [0.15, 0.2) is 0 Å². The molecule has 0 aromatic heterocycles. The first-order chi connectivity index (χ1) is 18.0. The van der Waals surface area contributed by atoms with E-state index < -0.39 is 26.7 Å². The van der Waals surface area contributed by atoms with Crippen LogP contribution < -0.4 is 44.7 Å². The monoisotopic (exact) mass is 595 g/mol. The van der Waals surface area contributed by atoms with Gasteiger partial charge < -0.3 is 15.2 Å². The van der Waals surface area contributed by atoms with Crippen molar-refractivity contribution < 1.29 is 57.2 Å². The van der Waals surface area contributed by atoms with Gasteiger partial charge in [-0.25, -0.2) is 0 Å². The number of rotatable bonds is 7. The first-order valence-electron chi connectivity index (χ1n) is 11.2. The summed E-state index contributed by atoms with van der Waals surface area (Å²) in [4.78, 5) is 12.6. The molecule has 0 bridgehead atoms. The summed E-state index contributed by atoms with van der Waals surface area (Å²) < 4.78 is 38.3. The largest absolute Gasteiger partial charge is 1.00 e. The van der Waals surface area contributed by atoms with Gasteiger partial charge in [0.1, 0.15) is 16.3 Å². The van der Waals surface area contributed by atoms with Crippen molar-refractivity contribution in [2.45, 2.75) is 18.7 Å². The Hall–Kier alpha value is -2.70. The summed E-state index contributed by atoms with van der Waals surface area (Å²) in [7, 11) is -4.63.